The first kappa shape index (κ1) is 10.6. The molecule has 1 aromatic rings. The minimum atomic E-state index is 0.650. The summed E-state index contributed by atoms with van der Waals surface area (Å²) >= 11 is 4.53. The van der Waals surface area contributed by atoms with Gasteiger partial charge in [-0.15, -0.1) is 0 Å². The van der Waals surface area contributed by atoms with E-state index in [4.69, 9.17) is 0 Å². The standard InChI is InChI=1S/C13H18N2S/c1-10-12-9-15(16)13(10)8-14(12)7-11-5-3-2-4-6-11/h2-6,10,12-13,16H,7-9H2,1H3. The molecule has 2 fully saturated rings. The summed E-state index contributed by atoms with van der Waals surface area (Å²) in [6.45, 7) is 5.73. The Morgan fingerprint density at radius 2 is 1.94 bits per heavy atom. The van der Waals surface area contributed by atoms with Crippen molar-refractivity contribution in [2.45, 2.75) is 25.6 Å². The molecular weight excluding hydrogens is 216 g/mol. The van der Waals surface area contributed by atoms with Crippen molar-refractivity contribution in [3.63, 3.8) is 0 Å². The number of likely N-dealkylation sites (tertiary alicyclic amines) is 1. The molecular formula is C13H18N2S. The van der Waals surface area contributed by atoms with E-state index < -0.39 is 0 Å². The average Bonchev–Trinajstić information content (AvgIpc) is 2.73. The first-order chi connectivity index (χ1) is 7.75. The van der Waals surface area contributed by atoms with Crippen LogP contribution >= 0.6 is 12.8 Å². The van der Waals surface area contributed by atoms with Gasteiger partial charge in [0.1, 0.15) is 0 Å². The van der Waals surface area contributed by atoms with Gasteiger partial charge in [0.25, 0.3) is 0 Å². The SMILES string of the molecule is CC1C2CN(Cc3ccccc3)C1CN2S. The molecule has 2 aliphatic rings. The number of benzene rings is 1. The molecule has 2 nitrogen and oxygen atoms in total. The van der Waals surface area contributed by atoms with E-state index in [-0.39, 0.29) is 0 Å². The third-order valence-electron chi connectivity index (χ3n) is 4.09. The Hall–Kier alpha value is -0.510. The number of thiol groups is 1. The number of fused-ring (bicyclic) bond motifs is 2. The third kappa shape index (κ3) is 1.67. The monoisotopic (exact) mass is 234 g/mol. The molecule has 0 saturated carbocycles. The number of hydrogen-bond acceptors (Lipinski definition) is 3. The smallest absolute Gasteiger partial charge is 0.0369 e. The molecule has 3 heteroatoms. The lowest BCUT2D eigenvalue weighted by Gasteiger charge is -2.31. The van der Waals surface area contributed by atoms with Gasteiger partial charge in [-0.3, -0.25) is 4.90 Å². The molecule has 0 amide bonds. The van der Waals surface area contributed by atoms with E-state index in [1.54, 1.807) is 0 Å². The van der Waals surface area contributed by atoms with Crippen LogP contribution in [0.3, 0.4) is 0 Å². The van der Waals surface area contributed by atoms with Crippen molar-refractivity contribution in [1.29, 1.82) is 0 Å². The molecule has 2 heterocycles. The zero-order valence-corrected chi connectivity index (χ0v) is 10.5. The van der Waals surface area contributed by atoms with Gasteiger partial charge < -0.3 is 0 Å². The molecule has 2 aliphatic heterocycles. The lowest BCUT2D eigenvalue weighted by molar-refractivity contribution is 0.180. The van der Waals surface area contributed by atoms with Crippen LogP contribution in [0.2, 0.25) is 0 Å². The van der Waals surface area contributed by atoms with Gasteiger partial charge in [0.15, 0.2) is 0 Å². The molecule has 0 aliphatic carbocycles. The summed E-state index contributed by atoms with van der Waals surface area (Å²) in [6.07, 6.45) is 0. The minimum absolute atomic E-state index is 0.650. The maximum Gasteiger partial charge on any atom is 0.0369 e. The zero-order valence-electron chi connectivity index (χ0n) is 9.58. The average molecular weight is 234 g/mol. The number of piperazine rings is 1. The lowest BCUT2D eigenvalue weighted by Crippen LogP contribution is -2.41. The molecule has 3 atom stereocenters. The van der Waals surface area contributed by atoms with Crippen LogP contribution < -0.4 is 0 Å². The summed E-state index contributed by atoms with van der Waals surface area (Å²) in [5.74, 6) is 0.765. The number of nitrogens with zero attached hydrogens (tertiary/aromatic N) is 2. The van der Waals surface area contributed by atoms with E-state index in [1.807, 2.05) is 0 Å². The van der Waals surface area contributed by atoms with Crippen LogP contribution in [0.25, 0.3) is 0 Å². The van der Waals surface area contributed by atoms with Gasteiger partial charge >= 0.3 is 0 Å². The van der Waals surface area contributed by atoms with Crippen molar-refractivity contribution < 1.29 is 0 Å². The van der Waals surface area contributed by atoms with Crippen LogP contribution in [-0.2, 0) is 6.54 Å². The first-order valence-corrected chi connectivity index (χ1v) is 6.39. The van der Waals surface area contributed by atoms with E-state index in [2.05, 4.69) is 59.3 Å². The summed E-state index contributed by atoms with van der Waals surface area (Å²) < 4.78 is 2.22. The fourth-order valence-corrected chi connectivity index (χ4v) is 3.56. The topological polar surface area (TPSA) is 6.48 Å². The molecule has 2 bridgehead atoms. The Kier molecular flexibility index (Phi) is 2.70. The Labute approximate surface area is 103 Å². The predicted molar refractivity (Wildman–Crippen MR) is 69.3 cm³/mol. The minimum Gasteiger partial charge on any atom is -0.293 e. The molecule has 86 valence electrons. The van der Waals surface area contributed by atoms with Gasteiger partial charge in [-0.05, 0) is 11.5 Å². The summed E-state index contributed by atoms with van der Waals surface area (Å²) in [4.78, 5) is 2.61. The van der Waals surface area contributed by atoms with E-state index in [0.717, 1.165) is 19.0 Å². The van der Waals surface area contributed by atoms with Crippen molar-refractivity contribution in [3.8, 4) is 0 Å². The fraction of sp³-hybridized carbons (Fsp3) is 0.538. The van der Waals surface area contributed by atoms with Crippen molar-refractivity contribution >= 4 is 12.8 Å². The van der Waals surface area contributed by atoms with Crippen LogP contribution in [0.15, 0.2) is 30.3 Å². The van der Waals surface area contributed by atoms with Gasteiger partial charge in [-0.25, -0.2) is 4.31 Å². The third-order valence-corrected chi connectivity index (χ3v) is 4.55. The molecule has 0 spiro atoms. The predicted octanol–water partition coefficient (Wildman–Crippen LogP) is 2.04. The Morgan fingerprint density at radius 3 is 2.50 bits per heavy atom. The Balaban J connectivity index is 1.71. The van der Waals surface area contributed by atoms with Gasteiger partial charge in [0.2, 0.25) is 0 Å². The second-order valence-corrected chi connectivity index (χ2v) is 5.54. The van der Waals surface area contributed by atoms with Gasteiger partial charge in [0.05, 0.1) is 0 Å². The van der Waals surface area contributed by atoms with Crippen molar-refractivity contribution in [2.75, 3.05) is 13.1 Å². The van der Waals surface area contributed by atoms with Crippen LogP contribution in [-0.4, -0.2) is 34.4 Å². The normalized spacial score (nSPS) is 34.8. The van der Waals surface area contributed by atoms with Crippen molar-refractivity contribution in [1.82, 2.24) is 9.21 Å². The summed E-state index contributed by atoms with van der Waals surface area (Å²) in [7, 11) is 0. The van der Waals surface area contributed by atoms with Crippen molar-refractivity contribution in [3.05, 3.63) is 35.9 Å². The molecule has 16 heavy (non-hydrogen) atoms. The first-order valence-electron chi connectivity index (χ1n) is 5.99. The van der Waals surface area contributed by atoms with Crippen LogP contribution in [0.5, 0.6) is 0 Å². The maximum atomic E-state index is 4.53. The number of hydrogen-bond donors (Lipinski definition) is 1. The van der Waals surface area contributed by atoms with E-state index in [1.165, 1.54) is 12.1 Å². The summed E-state index contributed by atoms with van der Waals surface area (Å²) in [6, 6.07) is 12.1. The maximum absolute atomic E-state index is 4.53. The fourth-order valence-electron chi connectivity index (χ4n) is 3.11. The molecule has 0 N–H and O–H groups in total. The summed E-state index contributed by atoms with van der Waals surface area (Å²) in [5.41, 5.74) is 1.42. The molecule has 3 rings (SSSR count). The summed E-state index contributed by atoms with van der Waals surface area (Å²) in [5, 5.41) is 0. The van der Waals surface area contributed by atoms with Gasteiger partial charge in [0, 0.05) is 31.7 Å². The van der Waals surface area contributed by atoms with Crippen LogP contribution in [0.4, 0.5) is 0 Å². The molecule has 0 aromatic heterocycles. The quantitative estimate of drug-likeness (QED) is 0.782. The second kappa shape index (κ2) is 4.06. The Bertz CT molecular complexity index is 367. The van der Waals surface area contributed by atoms with Gasteiger partial charge in [-0.2, -0.15) is 0 Å². The number of rotatable bonds is 2. The highest BCUT2D eigenvalue weighted by Crippen LogP contribution is 2.37. The highest BCUT2D eigenvalue weighted by molar-refractivity contribution is 7.77. The van der Waals surface area contributed by atoms with E-state index >= 15 is 0 Å². The van der Waals surface area contributed by atoms with Gasteiger partial charge in [-0.1, -0.05) is 50.1 Å². The van der Waals surface area contributed by atoms with Crippen LogP contribution in [0.1, 0.15) is 12.5 Å². The largest absolute Gasteiger partial charge is 0.293 e. The van der Waals surface area contributed by atoms with E-state index in [0.29, 0.717) is 12.1 Å². The molecule has 1 aromatic carbocycles. The second-order valence-electron chi connectivity index (χ2n) is 5.03. The zero-order chi connectivity index (χ0) is 11.1. The lowest BCUT2D eigenvalue weighted by atomic mass is 10.0. The van der Waals surface area contributed by atoms with Crippen LogP contribution in [0, 0.1) is 5.92 Å². The van der Waals surface area contributed by atoms with Crippen molar-refractivity contribution in [2.24, 2.45) is 5.92 Å². The molecule has 0 radical (unpaired) electrons. The Morgan fingerprint density at radius 1 is 1.19 bits per heavy atom. The highest BCUT2D eigenvalue weighted by Gasteiger charge is 2.47. The highest BCUT2D eigenvalue weighted by atomic mass is 32.1. The van der Waals surface area contributed by atoms with E-state index in [9.17, 15) is 0 Å². The molecule has 2 saturated heterocycles. The molecule has 3 unspecified atom stereocenters.